The van der Waals surface area contributed by atoms with E-state index in [0.29, 0.717) is 0 Å². The smallest absolute Gasteiger partial charge is 0.223 e. The second-order valence-corrected chi connectivity index (χ2v) is 0.329. The van der Waals surface area contributed by atoms with Crippen LogP contribution in [0.3, 0.4) is 0 Å². The number of nitrogens with two attached hydrogens (primary N) is 1. The molecule has 0 unspecified atom stereocenters. The molecule has 41 valence electrons. The molecule has 2 N–H and O–H groups in total. The predicted octanol–water partition coefficient (Wildman–Crippen LogP) is -0.934. The van der Waals surface area contributed by atoms with Crippen molar-refractivity contribution in [3.63, 3.8) is 0 Å². The summed E-state index contributed by atoms with van der Waals surface area (Å²) in [5, 5.41) is 7.73. The third-order valence-corrected chi connectivity index (χ3v) is 0.0861. The van der Waals surface area contributed by atoms with Crippen LogP contribution in [0.5, 0.6) is 0 Å². The summed E-state index contributed by atoms with van der Waals surface area (Å²) in [7, 11) is 0. The summed E-state index contributed by atoms with van der Waals surface area (Å²) in [6, 6.07) is 0. The van der Waals surface area contributed by atoms with Crippen molar-refractivity contribution in [2.24, 2.45) is 5.90 Å². The first-order valence-electron chi connectivity index (χ1n) is 0.783. The average molecular weight is 186 g/mol. The second kappa shape index (κ2) is 4.90. The van der Waals surface area contributed by atoms with Gasteiger partial charge in [0.25, 0.3) is 0 Å². The van der Waals surface area contributed by atoms with Gasteiger partial charge in [0.15, 0.2) is 0 Å². The van der Waals surface area contributed by atoms with Gasteiger partial charge in [0.05, 0.1) is 0 Å². The van der Waals surface area contributed by atoms with Gasteiger partial charge >= 0.3 is 5.09 Å². The third kappa shape index (κ3) is 9.09. The van der Waals surface area contributed by atoms with Crippen LogP contribution in [0.1, 0.15) is 0 Å². The minimum absolute atomic E-state index is 0. The molecule has 0 aliphatic heterocycles. The SMILES string of the molecule is NO[N+](=O)[O-].[Ag]. The van der Waals surface area contributed by atoms with E-state index in [0.717, 1.165) is 0 Å². The Morgan fingerprint density at radius 3 is 2.00 bits per heavy atom. The Labute approximate surface area is 49.0 Å². The maximum atomic E-state index is 8.83. The van der Waals surface area contributed by atoms with E-state index in [2.05, 4.69) is 10.8 Å². The number of rotatable bonds is 1. The van der Waals surface area contributed by atoms with Crippen LogP contribution in [0, 0.1) is 10.1 Å². The van der Waals surface area contributed by atoms with Crippen molar-refractivity contribution in [1.82, 2.24) is 0 Å². The molecule has 6 heteroatoms. The van der Waals surface area contributed by atoms with Crippen molar-refractivity contribution in [3.05, 3.63) is 10.1 Å². The summed E-state index contributed by atoms with van der Waals surface area (Å²) in [4.78, 5) is 11.8. The molecule has 0 rings (SSSR count). The zero-order chi connectivity index (χ0) is 4.28. The maximum absolute atomic E-state index is 8.83. The van der Waals surface area contributed by atoms with E-state index in [9.17, 15) is 0 Å². The Kier molecular flexibility index (Phi) is 7.61. The predicted molar refractivity (Wildman–Crippen MR) is 12.3 cm³/mol. The maximum Gasteiger partial charge on any atom is 0.311 e. The van der Waals surface area contributed by atoms with Gasteiger partial charge in [0.2, 0.25) is 0 Å². The number of hydrogen-bond acceptors (Lipinski definition) is 4. The molecule has 0 aromatic carbocycles. The fourth-order valence-electron chi connectivity index (χ4n) is 0. The standard InChI is InChI=1S/Ag.H2N2O3/c;1-5-2(3)4/h;1H2. The van der Waals surface area contributed by atoms with Crippen LogP contribution in [0.2, 0.25) is 0 Å². The number of hydrogen-bond donors (Lipinski definition) is 1. The summed E-state index contributed by atoms with van der Waals surface area (Å²) < 4.78 is 0. The van der Waals surface area contributed by atoms with Crippen molar-refractivity contribution >= 4 is 0 Å². The Balaban J connectivity index is 0. The fourth-order valence-corrected chi connectivity index (χ4v) is 0. The summed E-state index contributed by atoms with van der Waals surface area (Å²) in [6.45, 7) is 0. The average Bonchev–Trinajstić information content (AvgIpc) is 1.38. The number of nitrogens with zero attached hydrogens (tertiary/aromatic N) is 1. The second-order valence-electron chi connectivity index (χ2n) is 0.329. The van der Waals surface area contributed by atoms with E-state index in [1.54, 1.807) is 0 Å². The topological polar surface area (TPSA) is 78.4 Å². The molecular formula is H2AgN2O3. The molecule has 0 fully saturated rings. The Morgan fingerprint density at radius 1 is 1.83 bits per heavy atom. The van der Waals surface area contributed by atoms with E-state index in [4.69, 9.17) is 10.1 Å². The zero-order valence-electron chi connectivity index (χ0n) is 2.55. The van der Waals surface area contributed by atoms with Crippen LogP contribution in [0.15, 0.2) is 0 Å². The summed E-state index contributed by atoms with van der Waals surface area (Å²) in [5.74, 6) is 3.97. The Morgan fingerprint density at radius 2 is 2.00 bits per heavy atom. The van der Waals surface area contributed by atoms with E-state index in [-0.39, 0.29) is 22.4 Å². The van der Waals surface area contributed by atoms with Crippen LogP contribution in [0.25, 0.3) is 0 Å². The molecule has 0 bridgehead atoms. The van der Waals surface area contributed by atoms with Gasteiger partial charge in [0, 0.05) is 22.4 Å². The van der Waals surface area contributed by atoms with Crippen LogP contribution in [-0.2, 0) is 27.3 Å². The van der Waals surface area contributed by atoms with Gasteiger partial charge in [-0.25, -0.2) is 4.94 Å². The van der Waals surface area contributed by atoms with Crippen LogP contribution < -0.4 is 5.90 Å². The van der Waals surface area contributed by atoms with Gasteiger partial charge in [-0.05, 0) is 0 Å². The minimum Gasteiger partial charge on any atom is -0.223 e. The molecule has 5 nitrogen and oxygen atoms in total. The summed E-state index contributed by atoms with van der Waals surface area (Å²) >= 11 is 0. The molecule has 0 spiro atoms. The summed E-state index contributed by atoms with van der Waals surface area (Å²) in [5.41, 5.74) is 0. The van der Waals surface area contributed by atoms with Crippen molar-refractivity contribution in [3.8, 4) is 0 Å². The normalized spacial score (nSPS) is 5.50. The molecule has 6 heavy (non-hydrogen) atoms. The first-order valence-corrected chi connectivity index (χ1v) is 0.783. The minimum atomic E-state index is -1.10. The molecule has 1 radical (unpaired) electrons. The van der Waals surface area contributed by atoms with Gasteiger partial charge in [-0.1, -0.05) is 0 Å². The quantitative estimate of drug-likeness (QED) is 0.325. The van der Waals surface area contributed by atoms with Crippen molar-refractivity contribution in [2.45, 2.75) is 0 Å². The third-order valence-electron chi connectivity index (χ3n) is 0.0861. The molecule has 0 saturated carbocycles. The van der Waals surface area contributed by atoms with Gasteiger partial charge in [-0.15, -0.1) is 10.1 Å². The first kappa shape index (κ1) is 9.31. The van der Waals surface area contributed by atoms with E-state index >= 15 is 0 Å². The molecule has 0 atom stereocenters. The molecule has 0 aliphatic carbocycles. The summed E-state index contributed by atoms with van der Waals surface area (Å²) in [6.07, 6.45) is 0. The van der Waals surface area contributed by atoms with Crippen LogP contribution in [-0.4, -0.2) is 5.09 Å². The van der Waals surface area contributed by atoms with E-state index in [1.165, 1.54) is 0 Å². The first-order chi connectivity index (χ1) is 2.27. The van der Waals surface area contributed by atoms with Crippen molar-refractivity contribution < 1.29 is 32.4 Å². The van der Waals surface area contributed by atoms with E-state index in [1.807, 2.05) is 0 Å². The van der Waals surface area contributed by atoms with Gasteiger partial charge in [-0.3, -0.25) is 0 Å². The van der Waals surface area contributed by atoms with Crippen molar-refractivity contribution in [2.75, 3.05) is 0 Å². The molecule has 0 aliphatic rings. The van der Waals surface area contributed by atoms with Crippen LogP contribution in [0.4, 0.5) is 0 Å². The molecule has 0 heterocycles. The molecule has 0 aromatic heterocycles. The van der Waals surface area contributed by atoms with Gasteiger partial charge in [0.1, 0.15) is 0 Å². The molecule has 0 aromatic rings. The molecule has 0 amide bonds. The molecule has 0 saturated heterocycles. The van der Waals surface area contributed by atoms with Crippen LogP contribution >= 0.6 is 0 Å². The zero-order valence-corrected chi connectivity index (χ0v) is 4.03. The fraction of sp³-hybridized carbons (Fsp3) is 0. The molecular weight excluding hydrogens is 184 g/mol. The van der Waals surface area contributed by atoms with Crippen molar-refractivity contribution in [1.29, 1.82) is 0 Å². The van der Waals surface area contributed by atoms with Gasteiger partial charge < -0.3 is 0 Å². The Hall–Kier alpha value is -0.0997. The van der Waals surface area contributed by atoms with E-state index < -0.39 is 5.09 Å². The largest absolute Gasteiger partial charge is 0.311 e. The van der Waals surface area contributed by atoms with Gasteiger partial charge in [-0.2, -0.15) is 5.90 Å². The Bertz CT molecular complexity index is 44.1. The monoisotopic (exact) mass is 185 g/mol.